The van der Waals surface area contributed by atoms with Crippen molar-refractivity contribution in [1.29, 1.82) is 0 Å². The van der Waals surface area contributed by atoms with Crippen LogP contribution >= 0.6 is 11.3 Å². The third-order valence-corrected chi connectivity index (χ3v) is 6.03. The fraction of sp³-hybridized carbons (Fsp3) is 0.286. The van der Waals surface area contributed by atoms with Crippen LogP contribution in [0.1, 0.15) is 30.3 Å². The van der Waals surface area contributed by atoms with Crippen LogP contribution in [0.25, 0.3) is 10.9 Å². The maximum absolute atomic E-state index is 4.68. The van der Waals surface area contributed by atoms with Crippen molar-refractivity contribution >= 4 is 27.9 Å². The van der Waals surface area contributed by atoms with Gasteiger partial charge in [-0.05, 0) is 25.0 Å². The molecule has 0 unspecified atom stereocenters. The molecule has 0 N–H and O–H groups in total. The van der Waals surface area contributed by atoms with Crippen LogP contribution in [0.2, 0.25) is 0 Å². The van der Waals surface area contributed by atoms with Crippen molar-refractivity contribution < 1.29 is 0 Å². The van der Waals surface area contributed by atoms with E-state index in [-0.39, 0.29) is 0 Å². The van der Waals surface area contributed by atoms with E-state index in [4.69, 9.17) is 0 Å². The molecule has 5 nitrogen and oxygen atoms in total. The highest BCUT2D eigenvalue weighted by Gasteiger charge is 2.25. The van der Waals surface area contributed by atoms with Gasteiger partial charge in [0.25, 0.3) is 0 Å². The first-order chi connectivity index (χ1) is 13.4. The lowest BCUT2D eigenvalue weighted by Gasteiger charge is -2.34. The summed E-state index contributed by atoms with van der Waals surface area (Å²) in [6.07, 6.45) is 8.15. The van der Waals surface area contributed by atoms with Gasteiger partial charge in [-0.3, -0.25) is 4.98 Å². The summed E-state index contributed by atoms with van der Waals surface area (Å²) in [5, 5.41) is 3.35. The number of pyridine rings is 1. The van der Waals surface area contributed by atoms with Crippen LogP contribution in [-0.4, -0.2) is 32.6 Å². The highest BCUT2D eigenvalue weighted by molar-refractivity contribution is 7.07. The summed E-state index contributed by atoms with van der Waals surface area (Å²) in [5.74, 6) is 1.70. The minimum Gasteiger partial charge on any atom is -0.371 e. The van der Waals surface area contributed by atoms with Gasteiger partial charge in [-0.15, -0.1) is 11.3 Å². The Morgan fingerprint density at radius 1 is 1.00 bits per heavy atom. The zero-order chi connectivity index (χ0) is 18.1. The first-order valence-electron chi connectivity index (χ1n) is 9.35. The smallest absolute Gasteiger partial charge is 0.112 e. The van der Waals surface area contributed by atoms with E-state index < -0.39 is 0 Å². The van der Waals surface area contributed by atoms with Crippen molar-refractivity contribution in [3.8, 4) is 0 Å². The van der Waals surface area contributed by atoms with E-state index in [1.54, 1.807) is 11.3 Å². The second-order valence-corrected chi connectivity index (χ2v) is 7.72. The molecule has 1 fully saturated rings. The summed E-state index contributed by atoms with van der Waals surface area (Å²) in [6.45, 7) is 2.90. The van der Waals surface area contributed by atoms with E-state index in [2.05, 4.69) is 60.3 Å². The van der Waals surface area contributed by atoms with Crippen molar-refractivity contribution in [1.82, 2.24) is 19.5 Å². The molecule has 4 aromatic rings. The molecule has 5 rings (SSSR count). The lowest BCUT2D eigenvalue weighted by atomic mass is 9.95. The molecule has 1 aromatic carbocycles. The number of nitrogens with zero attached hydrogens (tertiary/aromatic N) is 5. The van der Waals surface area contributed by atoms with Crippen molar-refractivity contribution in [2.45, 2.75) is 25.3 Å². The Morgan fingerprint density at radius 3 is 2.74 bits per heavy atom. The van der Waals surface area contributed by atoms with Crippen LogP contribution in [-0.2, 0) is 6.54 Å². The number of anilines is 1. The topological polar surface area (TPSA) is 46.8 Å². The Hall–Kier alpha value is -2.73. The van der Waals surface area contributed by atoms with E-state index in [9.17, 15) is 0 Å². The number of rotatable bonds is 4. The molecule has 6 heteroatoms. The molecule has 0 spiro atoms. The SMILES string of the molecule is c1ccc2c(N3CCC(c4nccn4Cc4cscn4)CC3)ccnc2c1. The third-order valence-electron chi connectivity index (χ3n) is 5.39. The highest BCUT2D eigenvalue weighted by atomic mass is 32.1. The lowest BCUT2D eigenvalue weighted by molar-refractivity contribution is 0.470. The quantitative estimate of drug-likeness (QED) is 0.533. The molecule has 1 aliphatic heterocycles. The van der Waals surface area contributed by atoms with Crippen molar-refractivity contribution in [2.75, 3.05) is 18.0 Å². The normalized spacial score (nSPS) is 15.5. The molecule has 0 saturated carbocycles. The van der Waals surface area contributed by atoms with Crippen LogP contribution in [0.5, 0.6) is 0 Å². The van der Waals surface area contributed by atoms with Crippen LogP contribution in [0.4, 0.5) is 5.69 Å². The maximum Gasteiger partial charge on any atom is 0.112 e. The molecule has 0 bridgehead atoms. The van der Waals surface area contributed by atoms with Crippen molar-refractivity contribution in [2.24, 2.45) is 0 Å². The number of hydrogen-bond acceptors (Lipinski definition) is 5. The predicted molar refractivity (Wildman–Crippen MR) is 109 cm³/mol. The number of piperidine rings is 1. The monoisotopic (exact) mass is 375 g/mol. The number of thiazole rings is 1. The first-order valence-corrected chi connectivity index (χ1v) is 10.3. The predicted octanol–water partition coefficient (Wildman–Crippen LogP) is 4.32. The molecule has 1 aliphatic rings. The molecular weight excluding hydrogens is 354 g/mol. The molecule has 0 aliphatic carbocycles. The highest BCUT2D eigenvalue weighted by Crippen LogP contribution is 2.32. The van der Waals surface area contributed by atoms with Crippen molar-refractivity contribution in [3.63, 3.8) is 0 Å². The van der Waals surface area contributed by atoms with E-state index in [1.807, 2.05) is 24.0 Å². The van der Waals surface area contributed by atoms with Gasteiger partial charge in [0.1, 0.15) is 5.82 Å². The third kappa shape index (κ3) is 3.21. The maximum atomic E-state index is 4.68. The van der Waals surface area contributed by atoms with Crippen LogP contribution < -0.4 is 4.90 Å². The zero-order valence-corrected chi connectivity index (χ0v) is 15.8. The van der Waals surface area contributed by atoms with Gasteiger partial charge in [-0.1, -0.05) is 18.2 Å². The summed E-state index contributed by atoms with van der Waals surface area (Å²) < 4.78 is 2.26. The molecule has 1 saturated heterocycles. The standard InChI is InChI=1S/C21H21N5S/c1-2-4-19-18(3-1)20(5-8-22-19)25-10-6-16(7-11-25)21-23-9-12-26(21)13-17-14-27-15-24-17/h1-5,8-9,12,14-16H,6-7,10-11,13H2. The summed E-state index contributed by atoms with van der Waals surface area (Å²) in [7, 11) is 0. The molecule has 0 radical (unpaired) electrons. The van der Waals surface area contributed by atoms with E-state index in [0.717, 1.165) is 43.7 Å². The fourth-order valence-electron chi connectivity index (χ4n) is 4.04. The van der Waals surface area contributed by atoms with Gasteiger partial charge in [0.05, 0.1) is 23.3 Å². The zero-order valence-electron chi connectivity index (χ0n) is 15.0. The largest absolute Gasteiger partial charge is 0.371 e. The van der Waals surface area contributed by atoms with Crippen LogP contribution in [0, 0.1) is 0 Å². The van der Waals surface area contributed by atoms with Gasteiger partial charge in [0, 0.05) is 54.1 Å². The minimum atomic E-state index is 0.503. The molecule has 136 valence electrons. The summed E-state index contributed by atoms with van der Waals surface area (Å²) >= 11 is 1.65. The Balaban J connectivity index is 1.33. The van der Waals surface area contributed by atoms with Gasteiger partial charge in [-0.2, -0.15) is 0 Å². The second-order valence-electron chi connectivity index (χ2n) is 7.00. The number of para-hydroxylation sites is 1. The first kappa shape index (κ1) is 16.4. The Labute approximate surface area is 162 Å². The van der Waals surface area contributed by atoms with E-state index in [0.29, 0.717) is 5.92 Å². The average molecular weight is 376 g/mol. The molecule has 4 heterocycles. The molecular formula is C21H21N5S. The van der Waals surface area contributed by atoms with Gasteiger partial charge < -0.3 is 9.47 Å². The lowest BCUT2D eigenvalue weighted by Crippen LogP contribution is -2.33. The number of imidazole rings is 1. The molecule has 0 amide bonds. The summed E-state index contributed by atoms with van der Waals surface area (Å²) in [4.78, 5) is 16.1. The molecule has 27 heavy (non-hydrogen) atoms. The summed E-state index contributed by atoms with van der Waals surface area (Å²) in [5.41, 5.74) is 5.37. The van der Waals surface area contributed by atoms with Crippen LogP contribution in [0.3, 0.4) is 0 Å². The van der Waals surface area contributed by atoms with E-state index >= 15 is 0 Å². The minimum absolute atomic E-state index is 0.503. The number of benzene rings is 1. The van der Waals surface area contributed by atoms with Gasteiger partial charge in [0.15, 0.2) is 0 Å². The second kappa shape index (κ2) is 7.12. The average Bonchev–Trinajstić information content (AvgIpc) is 3.40. The Kier molecular flexibility index (Phi) is 4.33. The Bertz CT molecular complexity index is 1030. The number of fused-ring (bicyclic) bond motifs is 1. The number of hydrogen-bond donors (Lipinski definition) is 0. The van der Waals surface area contributed by atoms with Crippen molar-refractivity contribution in [3.05, 3.63) is 71.3 Å². The molecule has 3 aromatic heterocycles. The van der Waals surface area contributed by atoms with Gasteiger partial charge in [0.2, 0.25) is 0 Å². The van der Waals surface area contributed by atoms with Gasteiger partial charge >= 0.3 is 0 Å². The van der Waals surface area contributed by atoms with Gasteiger partial charge in [-0.25, -0.2) is 9.97 Å². The number of aromatic nitrogens is 4. The summed E-state index contributed by atoms with van der Waals surface area (Å²) in [6, 6.07) is 10.5. The Morgan fingerprint density at radius 2 is 1.89 bits per heavy atom. The van der Waals surface area contributed by atoms with Crippen LogP contribution in [0.15, 0.2) is 59.8 Å². The molecule has 0 atom stereocenters. The van der Waals surface area contributed by atoms with E-state index in [1.165, 1.54) is 16.9 Å². The fourth-order valence-corrected chi connectivity index (χ4v) is 4.59.